The molecule has 1 fully saturated rings. The van der Waals surface area contributed by atoms with E-state index in [1.807, 2.05) is 6.07 Å². The third-order valence-electron chi connectivity index (χ3n) is 3.52. The highest BCUT2D eigenvalue weighted by molar-refractivity contribution is 7.16. The van der Waals surface area contributed by atoms with Gasteiger partial charge in [0.1, 0.15) is 5.75 Å². The maximum Gasteiger partial charge on any atom is 0.119 e. The molecule has 0 spiro atoms. The topological polar surface area (TPSA) is 21.3 Å². The third-order valence-corrected chi connectivity index (χ3v) is 4.81. The van der Waals surface area contributed by atoms with Crippen molar-refractivity contribution in [2.45, 2.75) is 38.3 Å². The lowest BCUT2D eigenvalue weighted by Gasteiger charge is -2.18. The van der Waals surface area contributed by atoms with Crippen molar-refractivity contribution in [3.05, 3.63) is 51.2 Å². The van der Waals surface area contributed by atoms with Crippen LogP contribution in [0.3, 0.4) is 0 Å². The van der Waals surface area contributed by atoms with E-state index >= 15 is 0 Å². The van der Waals surface area contributed by atoms with E-state index in [0.29, 0.717) is 6.10 Å². The fraction of sp³-hybridized carbons (Fsp3) is 0.412. The first-order valence-corrected chi connectivity index (χ1v) is 8.71. The van der Waals surface area contributed by atoms with Crippen LogP contribution in [-0.4, -0.2) is 12.6 Å². The van der Waals surface area contributed by atoms with Gasteiger partial charge < -0.3 is 10.1 Å². The van der Waals surface area contributed by atoms with Gasteiger partial charge in [0.15, 0.2) is 0 Å². The van der Waals surface area contributed by atoms with E-state index < -0.39 is 0 Å². The van der Waals surface area contributed by atoms with E-state index in [9.17, 15) is 0 Å². The van der Waals surface area contributed by atoms with Gasteiger partial charge in [0.05, 0.1) is 16.5 Å². The molecule has 1 unspecified atom stereocenters. The molecule has 4 heteroatoms. The van der Waals surface area contributed by atoms with Crippen LogP contribution in [-0.2, 0) is 0 Å². The third kappa shape index (κ3) is 4.00. The molecule has 1 saturated carbocycles. The summed E-state index contributed by atoms with van der Waals surface area (Å²) in [4.78, 5) is 1.25. The Morgan fingerprint density at radius 2 is 2.00 bits per heavy atom. The molecule has 1 aromatic heterocycles. The molecule has 2 nitrogen and oxygen atoms in total. The molecular formula is C17H20ClNOS. The van der Waals surface area contributed by atoms with Gasteiger partial charge in [-0.2, -0.15) is 0 Å². The number of hydrogen-bond acceptors (Lipinski definition) is 3. The van der Waals surface area contributed by atoms with Crippen LogP contribution >= 0.6 is 22.9 Å². The molecule has 0 aliphatic heterocycles. The number of nitrogens with one attached hydrogen (secondary N) is 1. The fourth-order valence-corrected chi connectivity index (χ4v) is 3.44. The molecule has 112 valence electrons. The standard InChI is InChI=1S/C17H20ClNOS/c1-2-11-19-17(15-9-10-16(18)21-15)12-3-5-13(6-4-12)20-14-7-8-14/h3-6,9-10,14,17,19H,2,7-8,11H2,1H3. The summed E-state index contributed by atoms with van der Waals surface area (Å²) in [6, 6.07) is 12.7. The highest BCUT2D eigenvalue weighted by Gasteiger charge is 2.23. The number of rotatable bonds is 7. The van der Waals surface area contributed by atoms with Gasteiger partial charge in [-0.1, -0.05) is 30.7 Å². The van der Waals surface area contributed by atoms with Crippen molar-refractivity contribution in [3.63, 3.8) is 0 Å². The predicted molar refractivity (Wildman–Crippen MR) is 89.6 cm³/mol. The second-order valence-corrected chi connectivity index (χ2v) is 7.16. The maximum atomic E-state index is 6.09. The molecule has 2 aromatic rings. The highest BCUT2D eigenvalue weighted by Crippen LogP contribution is 2.32. The molecule has 0 bridgehead atoms. The summed E-state index contributed by atoms with van der Waals surface area (Å²) in [5.74, 6) is 0.972. The first-order chi connectivity index (χ1) is 10.3. The van der Waals surface area contributed by atoms with Crippen LogP contribution in [0.5, 0.6) is 5.75 Å². The van der Waals surface area contributed by atoms with Gasteiger partial charge in [-0.15, -0.1) is 11.3 Å². The monoisotopic (exact) mass is 321 g/mol. The Morgan fingerprint density at radius 3 is 2.57 bits per heavy atom. The number of hydrogen-bond donors (Lipinski definition) is 1. The van der Waals surface area contributed by atoms with Crippen molar-refractivity contribution in [2.24, 2.45) is 0 Å². The lowest BCUT2D eigenvalue weighted by molar-refractivity contribution is 0.303. The zero-order chi connectivity index (χ0) is 14.7. The lowest BCUT2D eigenvalue weighted by Crippen LogP contribution is -2.22. The van der Waals surface area contributed by atoms with E-state index in [0.717, 1.165) is 23.1 Å². The first kappa shape index (κ1) is 14.9. The van der Waals surface area contributed by atoms with Gasteiger partial charge in [0.25, 0.3) is 0 Å². The average Bonchev–Trinajstić information content (AvgIpc) is 3.21. The van der Waals surface area contributed by atoms with Gasteiger partial charge in [0.2, 0.25) is 0 Å². The second kappa shape index (κ2) is 6.82. The molecule has 0 amide bonds. The van der Waals surface area contributed by atoms with Crippen LogP contribution in [0, 0.1) is 0 Å². The maximum absolute atomic E-state index is 6.09. The van der Waals surface area contributed by atoms with Gasteiger partial charge >= 0.3 is 0 Å². The molecule has 1 aromatic carbocycles. The number of thiophene rings is 1. The molecule has 21 heavy (non-hydrogen) atoms. The Balaban J connectivity index is 1.77. The van der Waals surface area contributed by atoms with Gasteiger partial charge in [-0.3, -0.25) is 0 Å². The first-order valence-electron chi connectivity index (χ1n) is 7.51. The molecule has 0 radical (unpaired) electrons. The van der Waals surface area contributed by atoms with Crippen molar-refractivity contribution in [3.8, 4) is 5.75 Å². The van der Waals surface area contributed by atoms with Gasteiger partial charge in [-0.25, -0.2) is 0 Å². The summed E-state index contributed by atoms with van der Waals surface area (Å²) in [6.07, 6.45) is 3.94. The van der Waals surface area contributed by atoms with E-state index in [2.05, 4.69) is 42.6 Å². The predicted octanol–water partition coefficient (Wildman–Crippen LogP) is 5.03. The normalized spacial score (nSPS) is 15.9. The van der Waals surface area contributed by atoms with E-state index in [1.54, 1.807) is 11.3 Å². The molecule has 0 saturated heterocycles. The average molecular weight is 322 g/mol. The molecule has 1 heterocycles. The summed E-state index contributed by atoms with van der Waals surface area (Å²) >= 11 is 7.72. The molecule has 1 N–H and O–H groups in total. The van der Waals surface area contributed by atoms with Crippen molar-refractivity contribution < 1.29 is 4.74 Å². The minimum absolute atomic E-state index is 0.206. The minimum Gasteiger partial charge on any atom is -0.490 e. The highest BCUT2D eigenvalue weighted by atomic mass is 35.5. The van der Waals surface area contributed by atoms with Crippen LogP contribution in [0.2, 0.25) is 4.34 Å². The van der Waals surface area contributed by atoms with Crippen LogP contribution in [0.1, 0.15) is 42.7 Å². The van der Waals surface area contributed by atoms with E-state index in [1.165, 1.54) is 23.3 Å². The SMILES string of the molecule is CCCNC(c1ccc(OC2CC2)cc1)c1ccc(Cl)s1. The van der Waals surface area contributed by atoms with Gasteiger partial charge in [-0.05, 0) is 55.6 Å². The lowest BCUT2D eigenvalue weighted by atomic mass is 10.1. The number of ether oxygens (including phenoxy) is 1. The van der Waals surface area contributed by atoms with Crippen LogP contribution < -0.4 is 10.1 Å². The van der Waals surface area contributed by atoms with Crippen LogP contribution in [0.25, 0.3) is 0 Å². The van der Waals surface area contributed by atoms with Crippen LogP contribution in [0.4, 0.5) is 0 Å². The van der Waals surface area contributed by atoms with Crippen molar-refractivity contribution in [1.29, 1.82) is 0 Å². The summed E-state index contributed by atoms with van der Waals surface area (Å²) in [5, 5.41) is 3.60. The molecule has 1 atom stereocenters. The summed E-state index contributed by atoms with van der Waals surface area (Å²) in [5.41, 5.74) is 1.25. The summed E-state index contributed by atoms with van der Waals surface area (Å²) in [6.45, 7) is 3.17. The Kier molecular flexibility index (Phi) is 4.84. The van der Waals surface area contributed by atoms with E-state index in [-0.39, 0.29) is 6.04 Å². The Labute approximate surface area is 135 Å². The van der Waals surface area contributed by atoms with Crippen molar-refractivity contribution in [1.82, 2.24) is 5.32 Å². The molecular weight excluding hydrogens is 302 g/mol. The second-order valence-electron chi connectivity index (χ2n) is 5.42. The largest absolute Gasteiger partial charge is 0.490 e. The summed E-state index contributed by atoms with van der Waals surface area (Å²) < 4.78 is 6.65. The molecule has 3 rings (SSSR count). The van der Waals surface area contributed by atoms with Crippen LogP contribution in [0.15, 0.2) is 36.4 Å². The Morgan fingerprint density at radius 1 is 1.24 bits per heavy atom. The Hall–Kier alpha value is -1.03. The van der Waals surface area contributed by atoms with E-state index in [4.69, 9.17) is 16.3 Å². The number of halogens is 1. The zero-order valence-electron chi connectivity index (χ0n) is 12.1. The van der Waals surface area contributed by atoms with Crippen molar-refractivity contribution >= 4 is 22.9 Å². The zero-order valence-corrected chi connectivity index (χ0v) is 13.7. The summed E-state index contributed by atoms with van der Waals surface area (Å²) in [7, 11) is 0. The van der Waals surface area contributed by atoms with Gasteiger partial charge in [0, 0.05) is 4.88 Å². The quantitative estimate of drug-likeness (QED) is 0.772. The fourth-order valence-electron chi connectivity index (χ4n) is 2.27. The molecule has 1 aliphatic carbocycles. The number of benzene rings is 1. The minimum atomic E-state index is 0.206. The molecule has 1 aliphatic rings. The Bertz CT molecular complexity index is 577. The van der Waals surface area contributed by atoms with Crippen molar-refractivity contribution in [2.75, 3.05) is 6.54 Å². The smallest absolute Gasteiger partial charge is 0.119 e.